The average molecular weight is 563 g/mol. The summed E-state index contributed by atoms with van der Waals surface area (Å²) >= 11 is 0. The van der Waals surface area contributed by atoms with Gasteiger partial charge in [-0.2, -0.15) is 0 Å². The van der Waals surface area contributed by atoms with Crippen molar-refractivity contribution < 1.29 is 14.3 Å². The molecule has 0 radical (unpaired) electrons. The van der Waals surface area contributed by atoms with Crippen molar-refractivity contribution in [3.8, 4) is 11.5 Å². The van der Waals surface area contributed by atoms with Crippen LogP contribution in [0.2, 0.25) is 0 Å². The van der Waals surface area contributed by atoms with Crippen molar-refractivity contribution in [1.82, 2.24) is 4.57 Å². The van der Waals surface area contributed by atoms with Crippen molar-refractivity contribution in [3.05, 3.63) is 75.1 Å². The molecule has 1 amide bonds. The summed E-state index contributed by atoms with van der Waals surface area (Å²) in [5, 5.41) is 3.62. The van der Waals surface area contributed by atoms with E-state index in [-0.39, 0.29) is 23.8 Å². The maximum atomic E-state index is 13.9. The largest absolute Gasteiger partial charge is 0.485 e. The van der Waals surface area contributed by atoms with Crippen LogP contribution in [-0.4, -0.2) is 23.7 Å². The number of carbonyl (C=O) groups is 1. The Balaban J connectivity index is 2.51. The highest BCUT2D eigenvalue weighted by atomic mass is 16.5. The molecule has 0 spiro atoms. The van der Waals surface area contributed by atoms with Crippen LogP contribution in [0, 0.1) is 0 Å². The number of benzene rings is 1. The minimum absolute atomic E-state index is 0.163. The van der Waals surface area contributed by atoms with Crippen LogP contribution in [0.5, 0.6) is 11.5 Å². The summed E-state index contributed by atoms with van der Waals surface area (Å²) in [6, 6.07) is 5.58. The zero-order valence-corrected chi connectivity index (χ0v) is 26.5. The van der Waals surface area contributed by atoms with Gasteiger partial charge in [0.1, 0.15) is 13.2 Å². The lowest BCUT2D eigenvalue weighted by Crippen LogP contribution is -2.24. The minimum Gasteiger partial charge on any atom is -0.485 e. The van der Waals surface area contributed by atoms with Gasteiger partial charge in [-0.1, -0.05) is 47.8 Å². The summed E-state index contributed by atoms with van der Waals surface area (Å²) in [6.07, 6.45) is 14.2. The van der Waals surface area contributed by atoms with E-state index in [2.05, 4.69) is 72.0 Å². The van der Waals surface area contributed by atoms with Crippen LogP contribution in [0.1, 0.15) is 93.9 Å². The summed E-state index contributed by atoms with van der Waals surface area (Å²) in [4.78, 5) is 25.6. The second-order valence-electron chi connectivity index (χ2n) is 11.2. The number of pyridine rings is 1. The van der Waals surface area contributed by atoms with E-state index in [1.54, 1.807) is 4.57 Å². The number of nitrogens with zero attached hydrogens (tertiary/aromatic N) is 1. The number of fused-ring (bicyclic) bond motifs is 1. The van der Waals surface area contributed by atoms with Crippen LogP contribution in [0.15, 0.2) is 69.6 Å². The van der Waals surface area contributed by atoms with Gasteiger partial charge in [0.15, 0.2) is 5.75 Å². The van der Waals surface area contributed by atoms with Gasteiger partial charge >= 0.3 is 0 Å². The lowest BCUT2D eigenvalue weighted by Gasteiger charge is -2.19. The number of aromatic nitrogens is 1. The molecule has 0 saturated carbocycles. The maximum Gasteiger partial charge on any atom is 0.297 e. The van der Waals surface area contributed by atoms with Gasteiger partial charge in [-0.3, -0.25) is 9.59 Å². The number of unbranched alkanes of at least 4 members (excludes halogenated alkanes) is 1. The van der Waals surface area contributed by atoms with Crippen molar-refractivity contribution in [3.63, 3.8) is 0 Å². The van der Waals surface area contributed by atoms with E-state index in [0.717, 1.165) is 49.4 Å². The number of ether oxygens (including phenoxy) is 2. The Labute approximate surface area is 246 Å². The first-order chi connectivity index (χ1) is 19.5. The minimum atomic E-state index is -0.222. The molecule has 0 fully saturated rings. The van der Waals surface area contributed by atoms with Crippen molar-refractivity contribution >= 4 is 22.5 Å². The lowest BCUT2D eigenvalue weighted by molar-refractivity contribution is -0.114. The summed E-state index contributed by atoms with van der Waals surface area (Å²) < 4.78 is 14.3. The number of aryl methyl sites for hydroxylation is 1. The van der Waals surface area contributed by atoms with Crippen molar-refractivity contribution in [2.75, 3.05) is 18.5 Å². The Morgan fingerprint density at radius 2 is 1.39 bits per heavy atom. The highest BCUT2D eigenvalue weighted by Gasteiger charge is 2.20. The molecule has 0 unspecified atom stereocenters. The molecule has 1 N–H and O–H groups in total. The molecule has 6 nitrogen and oxygen atoms in total. The van der Waals surface area contributed by atoms with Gasteiger partial charge in [-0.25, -0.2) is 0 Å². The number of amides is 1. The van der Waals surface area contributed by atoms with Gasteiger partial charge in [0.25, 0.3) is 5.56 Å². The van der Waals surface area contributed by atoms with E-state index in [0.29, 0.717) is 24.6 Å². The van der Waals surface area contributed by atoms with E-state index >= 15 is 0 Å². The number of carbonyl (C=O) groups excluding carboxylic acids is 1. The van der Waals surface area contributed by atoms with Crippen molar-refractivity contribution in [1.29, 1.82) is 0 Å². The molecule has 0 atom stereocenters. The van der Waals surface area contributed by atoms with Crippen LogP contribution in [0.25, 0.3) is 10.9 Å². The fourth-order valence-corrected chi connectivity index (χ4v) is 4.40. The first kappa shape index (κ1) is 33.7. The highest BCUT2D eigenvalue weighted by molar-refractivity contribution is 5.94. The standard InChI is InChI=1S/C35H50N2O4/c1-9-10-21-37-32-24-30(36-29(8)38)17-18-31(32)33(40-22-19-27(6)15-11-13-25(2)3)34(35(37)39)41-23-20-28(7)16-12-14-26(4)5/h13-14,17-20,24H,9-12,15-16,21-23H2,1-8H3,(H,36,38)/b27-19+,28-20+. The Kier molecular flexibility index (Phi) is 14.2. The third-order valence-corrected chi connectivity index (χ3v) is 6.74. The highest BCUT2D eigenvalue weighted by Crippen LogP contribution is 2.35. The SMILES string of the molecule is CCCCn1c(=O)c(OC/C=C(\C)CCC=C(C)C)c(OC/C=C(\C)CCC=C(C)C)c2ccc(NC(C)=O)cc21. The molecule has 0 bridgehead atoms. The molecule has 41 heavy (non-hydrogen) atoms. The predicted octanol–water partition coefficient (Wildman–Crippen LogP) is 8.90. The molecule has 1 aromatic carbocycles. The Bertz CT molecular complexity index is 1350. The number of rotatable bonds is 16. The van der Waals surface area contributed by atoms with E-state index in [4.69, 9.17) is 9.47 Å². The zero-order valence-electron chi connectivity index (χ0n) is 26.5. The summed E-state index contributed by atoms with van der Waals surface area (Å²) in [7, 11) is 0. The smallest absolute Gasteiger partial charge is 0.297 e. The van der Waals surface area contributed by atoms with Crippen LogP contribution in [-0.2, 0) is 11.3 Å². The topological polar surface area (TPSA) is 69.6 Å². The van der Waals surface area contributed by atoms with Gasteiger partial charge in [0, 0.05) is 24.5 Å². The number of nitrogens with one attached hydrogen (secondary N) is 1. The molecule has 0 aliphatic carbocycles. The Hall–Kier alpha value is -3.54. The third-order valence-electron chi connectivity index (χ3n) is 6.74. The number of hydrogen-bond donors (Lipinski definition) is 1. The monoisotopic (exact) mass is 562 g/mol. The summed E-state index contributed by atoms with van der Waals surface area (Å²) in [5.41, 5.74) is 6.20. The van der Waals surface area contributed by atoms with Crippen molar-refractivity contribution in [2.45, 2.75) is 100 Å². The van der Waals surface area contributed by atoms with Gasteiger partial charge < -0.3 is 19.4 Å². The van der Waals surface area contributed by atoms with Gasteiger partial charge in [0.05, 0.1) is 5.52 Å². The molecule has 2 rings (SSSR count). The van der Waals surface area contributed by atoms with Crippen LogP contribution < -0.4 is 20.3 Å². The third kappa shape index (κ3) is 11.5. The molecule has 224 valence electrons. The van der Waals surface area contributed by atoms with Crippen LogP contribution in [0.3, 0.4) is 0 Å². The first-order valence-electron chi connectivity index (χ1n) is 14.8. The Morgan fingerprint density at radius 1 is 0.829 bits per heavy atom. The fourth-order valence-electron chi connectivity index (χ4n) is 4.40. The molecule has 6 heteroatoms. The Morgan fingerprint density at radius 3 is 1.90 bits per heavy atom. The number of anilines is 1. The second kappa shape index (κ2) is 17.3. The number of hydrogen-bond acceptors (Lipinski definition) is 4. The summed E-state index contributed by atoms with van der Waals surface area (Å²) in [5.74, 6) is 0.504. The normalized spacial score (nSPS) is 11.8. The maximum absolute atomic E-state index is 13.9. The first-order valence-corrected chi connectivity index (χ1v) is 14.8. The zero-order chi connectivity index (χ0) is 30.4. The van der Waals surface area contributed by atoms with Crippen LogP contribution in [0.4, 0.5) is 5.69 Å². The fraction of sp³-hybridized carbons (Fsp3) is 0.486. The van der Waals surface area contributed by atoms with Gasteiger partial charge in [-0.15, -0.1) is 0 Å². The average Bonchev–Trinajstić information content (AvgIpc) is 2.89. The molecule has 0 aliphatic rings. The van der Waals surface area contributed by atoms with Crippen molar-refractivity contribution in [2.24, 2.45) is 0 Å². The van der Waals surface area contributed by atoms with E-state index < -0.39 is 0 Å². The molecular weight excluding hydrogens is 512 g/mol. The molecule has 0 saturated heterocycles. The number of allylic oxidation sites excluding steroid dienone is 6. The summed E-state index contributed by atoms with van der Waals surface area (Å²) in [6.45, 7) is 17.3. The van der Waals surface area contributed by atoms with Crippen LogP contribution >= 0.6 is 0 Å². The molecular formula is C35H50N2O4. The van der Waals surface area contributed by atoms with Gasteiger partial charge in [-0.05, 0) is 104 Å². The molecule has 2 aromatic rings. The van der Waals surface area contributed by atoms with Gasteiger partial charge in [0.2, 0.25) is 11.7 Å². The molecule has 1 heterocycles. The predicted molar refractivity (Wildman–Crippen MR) is 173 cm³/mol. The molecule has 0 aliphatic heterocycles. The van der Waals surface area contributed by atoms with E-state index in [9.17, 15) is 9.59 Å². The quantitative estimate of drug-likeness (QED) is 0.207. The van der Waals surface area contributed by atoms with E-state index in [1.165, 1.54) is 29.2 Å². The molecule has 1 aromatic heterocycles. The second-order valence-corrected chi connectivity index (χ2v) is 11.2. The lowest BCUT2D eigenvalue weighted by atomic mass is 10.1. The van der Waals surface area contributed by atoms with E-state index in [1.807, 2.05) is 24.3 Å².